The quantitative estimate of drug-likeness (QED) is 0.478. The van der Waals surface area contributed by atoms with Gasteiger partial charge in [-0.25, -0.2) is 0 Å². The number of rotatable bonds is 3. The van der Waals surface area contributed by atoms with E-state index in [-0.39, 0.29) is 15.2 Å². The predicted molar refractivity (Wildman–Crippen MR) is 69.2 cm³/mol. The van der Waals surface area contributed by atoms with Crippen molar-refractivity contribution in [1.29, 1.82) is 0 Å². The van der Waals surface area contributed by atoms with Gasteiger partial charge in [0.1, 0.15) is 0 Å². The van der Waals surface area contributed by atoms with E-state index in [0.29, 0.717) is 12.2 Å². The molecule has 90 valence electrons. The highest BCUT2D eigenvalue weighted by Crippen LogP contribution is 2.18. The summed E-state index contributed by atoms with van der Waals surface area (Å²) in [4.78, 5) is 21.5. The molecule has 0 bridgehead atoms. The Balaban J connectivity index is 2.70. The lowest BCUT2D eigenvalue weighted by Crippen LogP contribution is -2.02. The zero-order chi connectivity index (χ0) is 12.8. The number of hydrogen-bond acceptors (Lipinski definition) is 6. The van der Waals surface area contributed by atoms with Gasteiger partial charge in [0.25, 0.3) is 5.69 Å². The first-order valence-electron chi connectivity index (χ1n) is 4.68. The zero-order valence-corrected chi connectivity index (χ0v) is 10.5. The number of carbonyl (C=O) groups is 1. The third-order valence-corrected chi connectivity index (χ3v) is 2.83. The Morgan fingerprint density at radius 2 is 2.06 bits per heavy atom. The molecule has 0 N–H and O–H groups in total. The minimum atomic E-state index is -0.522. The second kappa shape index (κ2) is 6.31. The van der Waals surface area contributed by atoms with Gasteiger partial charge in [0.2, 0.25) is 9.50 Å². The van der Waals surface area contributed by atoms with Crippen LogP contribution >= 0.6 is 24.0 Å². The van der Waals surface area contributed by atoms with Crippen LogP contribution in [-0.4, -0.2) is 21.0 Å². The number of thioether (sulfide) groups is 1. The molecule has 0 heterocycles. The average molecular weight is 271 g/mol. The molecule has 0 atom stereocenters. The van der Waals surface area contributed by atoms with Crippen molar-refractivity contribution in [2.45, 2.75) is 6.92 Å². The third-order valence-electron chi connectivity index (χ3n) is 1.75. The normalized spacial score (nSPS) is 9.71. The molecule has 5 nitrogen and oxygen atoms in total. The Kier molecular flexibility index (Phi) is 5.05. The largest absolute Gasteiger partial charge is 0.479 e. The minimum absolute atomic E-state index is 0.0565. The van der Waals surface area contributed by atoms with Crippen molar-refractivity contribution >= 4 is 39.2 Å². The Morgan fingerprint density at radius 1 is 1.47 bits per heavy atom. The Labute approximate surface area is 107 Å². The molecule has 0 aliphatic carbocycles. The summed E-state index contributed by atoms with van der Waals surface area (Å²) in [5.41, 5.74) is 0.293. The van der Waals surface area contributed by atoms with Crippen molar-refractivity contribution < 1.29 is 14.5 Å². The van der Waals surface area contributed by atoms with Gasteiger partial charge in [0.05, 0.1) is 11.5 Å². The molecule has 0 amide bonds. The fourth-order valence-corrected chi connectivity index (χ4v) is 1.93. The lowest BCUT2D eigenvalue weighted by Gasteiger charge is -2.02. The maximum atomic E-state index is 11.6. The third kappa shape index (κ3) is 4.12. The van der Waals surface area contributed by atoms with Crippen molar-refractivity contribution in [2.24, 2.45) is 0 Å². The van der Waals surface area contributed by atoms with Crippen LogP contribution in [0.1, 0.15) is 17.3 Å². The van der Waals surface area contributed by atoms with Gasteiger partial charge >= 0.3 is 0 Å². The molecule has 17 heavy (non-hydrogen) atoms. The summed E-state index contributed by atoms with van der Waals surface area (Å²) < 4.78 is 5.11. The van der Waals surface area contributed by atoms with Crippen LogP contribution < -0.4 is 0 Å². The van der Waals surface area contributed by atoms with E-state index in [1.807, 2.05) is 0 Å². The summed E-state index contributed by atoms with van der Waals surface area (Å²) in [7, 11) is 0. The first-order valence-corrected chi connectivity index (χ1v) is 5.90. The highest BCUT2D eigenvalue weighted by Gasteiger charge is 2.12. The van der Waals surface area contributed by atoms with E-state index in [9.17, 15) is 14.9 Å². The topological polar surface area (TPSA) is 69.4 Å². The van der Waals surface area contributed by atoms with Crippen molar-refractivity contribution in [3.8, 4) is 0 Å². The van der Waals surface area contributed by atoms with Gasteiger partial charge in [0, 0.05) is 29.5 Å². The second-order valence-corrected chi connectivity index (χ2v) is 4.45. The molecule has 0 aliphatic rings. The lowest BCUT2D eigenvalue weighted by molar-refractivity contribution is -0.384. The Hall–Kier alpha value is -1.47. The number of hydrogen-bond donors (Lipinski definition) is 0. The number of thiocarbonyl (C=S) groups is 1. The van der Waals surface area contributed by atoms with Crippen molar-refractivity contribution in [3.05, 3.63) is 39.9 Å². The van der Waals surface area contributed by atoms with Gasteiger partial charge in [-0.1, -0.05) is 0 Å². The van der Waals surface area contributed by atoms with Crippen LogP contribution in [0.25, 0.3) is 0 Å². The van der Waals surface area contributed by atoms with Crippen LogP contribution in [0.5, 0.6) is 0 Å². The molecule has 0 aliphatic heterocycles. The monoisotopic (exact) mass is 271 g/mol. The van der Waals surface area contributed by atoms with Crippen molar-refractivity contribution in [1.82, 2.24) is 0 Å². The maximum absolute atomic E-state index is 11.6. The summed E-state index contributed by atoms with van der Waals surface area (Å²) in [5.74, 6) is 0. The van der Waals surface area contributed by atoms with Crippen molar-refractivity contribution in [2.75, 3.05) is 6.61 Å². The summed E-state index contributed by atoms with van der Waals surface area (Å²) in [6.45, 7) is 2.17. The van der Waals surface area contributed by atoms with E-state index in [1.54, 1.807) is 6.92 Å². The number of nitro groups is 1. The highest BCUT2D eigenvalue weighted by molar-refractivity contribution is 8.32. The Bertz CT molecular complexity index is 444. The number of benzene rings is 1. The van der Waals surface area contributed by atoms with Crippen LogP contribution in [0.3, 0.4) is 0 Å². The van der Waals surface area contributed by atoms with Crippen LogP contribution in [-0.2, 0) is 4.74 Å². The standard InChI is InChI=1S/C10H9NO4S2/c1-2-15-10(16)17-9(12)7-3-5-8(6-4-7)11(13)14/h3-6H,2H2,1H3. The van der Waals surface area contributed by atoms with Gasteiger partial charge in [-0.05, 0) is 31.3 Å². The molecule has 1 aromatic carbocycles. The fraction of sp³-hybridized carbons (Fsp3) is 0.200. The highest BCUT2D eigenvalue weighted by atomic mass is 32.2. The van der Waals surface area contributed by atoms with Gasteiger partial charge in [-0.15, -0.1) is 0 Å². The average Bonchev–Trinajstić information content (AvgIpc) is 2.29. The minimum Gasteiger partial charge on any atom is -0.479 e. The molecule has 0 saturated heterocycles. The number of non-ortho nitro benzene ring substituents is 1. The molecule has 0 radical (unpaired) electrons. The molecule has 0 fully saturated rings. The van der Waals surface area contributed by atoms with E-state index in [4.69, 9.17) is 17.0 Å². The van der Waals surface area contributed by atoms with Crippen LogP contribution in [0.4, 0.5) is 5.69 Å². The van der Waals surface area contributed by atoms with Crippen molar-refractivity contribution in [3.63, 3.8) is 0 Å². The van der Waals surface area contributed by atoms with Crippen LogP contribution in [0, 0.1) is 10.1 Å². The zero-order valence-electron chi connectivity index (χ0n) is 8.91. The molecule has 0 spiro atoms. The molecule has 7 heteroatoms. The fourth-order valence-electron chi connectivity index (χ4n) is 1.00. The molecule has 1 aromatic rings. The van der Waals surface area contributed by atoms with E-state index < -0.39 is 4.92 Å². The molecule has 1 rings (SSSR count). The van der Waals surface area contributed by atoms with E-state index in [1.165, 1.54) is 24.3 Å². The van der Waals surface area contributed by atoms with Gasteiger partial charge < -0.3 is 4.74 Å². The smallest absolute Gasteiger partial charge is 0.269 e. The summed E-state index contributed by atoms with van der Waals surface area (Å²) >= 11 is 5.60. The first kappa shape index (κ1) is 13.6. The lowest BCUT2D eigenvalue weighted by atomic mass is 10.2. The molecular weight excluding hydrogens is 262 g/mol. The van der Waals surface area contributed by atoms with Gasteiger partial charge in [0.15, 0.2) is 0 Å². The molecular formula is C10H9NO4S2. The second-order valence-electron chi connectivity index (χ2n) is 2.88. The van der Waals surface area contributed by atoms with E-state index in [0.717, 1.165) is 11.8 Å². The van der Waals surface area contributed by atoms with Gasteiger partial charge in [-0.3, -0.25) is 14.9 Å². The SMILES string of the molecule is CCOC(=S)SC(=O)c1ccc([N+](=O)[O-])cc1. The van der Waals surface area contributed by atoms with E-state index in [2.05, 4.69) is 0 Å². The number of ether oxygens (including phenoxy) is 1. The first-order chi connectivity index (χ1) is 8.04. The number of nitro benzene ring substituents is 1. The summed E-state index contributed by atoms with van der Waals surface area (Å²) in [5, 5.41) is 10.1. The summed E-state index contributed by atoms with van der Waals surface area (Å²) in [6, 6.07) is 5.33. The molecule has 0 saturated carbocycles. The number of nitrogens with zero attached hydrogens (tertiary/aromatic N) is 1. The Morgan fingerprint density at radius 3 is 2.53 bits per heavy atom. The number of carbonyl (C=O) groups excluding carboxylic acids is 1. The van der Waals surface area contributed by atoms with Gasteiger partial charge in [-0.2, -0.15) is 0 Å². The molecule has 0 aromatic heterocycles. The summed E-state index contributed by atoms with van der Waals surface area (Å²) in [6.07, 6.45) is 0. The maximum Gasteiger partial charge on any atom is 0.269 e. The van der Waals surface area contributed by atoms with E-state index >= 15 is 0 Å². The van der Waals surface area contributed by atoms with Crippen LogP contribution in [0.2, 0.25) is 0 Å². The van der Waals surface area contributed by atoms with Crippen LogP contribution in [0.15, 0.2) is 24.3 Å². The molecule has 0 unspecified atom stereocenters. The predicted octanol–water partition coefficient (Wildman–Crippen LogP) is 2.79.